The number of fused-ring (bicyclic) bond motifs is 12. The molecule has 0 saturated heterocycles. The van der Waals surface area contributed by atoms with E-state index in [0.29, 0.717) is 17.7 Å². The summed E-state index contributed by atoms with van der Waals surface area (Å²) in [4.78, 5) is 16.3. The molecule has 8 aromatic carbocycles. The summed E-state index contributed by atoms with van der Waals surface area (Å²) in [6.45, 7) is 0. The van der Waals surface area contributed by atoms with E-state index in [1.165, 1.54) is 48.1 Å². The average molecular weight is 838 g/mol. The van der Waals surface area contributed by atoms with Crippen LogP contribution in [0.15, 0.2) is 192 Å². The Hall–Kier alpha value is -8.13. The normalized spacial score (nSPS) is 14.0. The molecular formula is C57H35N5OS. The molecule has 14 rings (SSSR count). The van der Waals surface area contributed by atoms with E-state index in [9.17, 15) is 0 Å². The molecule has 300 valence electrons. The molecule has 1 aliphatic carbocycles. The molecule has 1 atom stereocenters. The summed E-state index contributed by atoms with van der Waals surface area (Å²) >= 11 is 1.87. The van der Waals surface area contributed by atoms with Crippen molar-refractivity contribution in [2.24, 2.45) is 0 Å². The fraction of sp³-hybridized carbons (Fsp3) is 0.0351. The van der Waals surface area contributed by atoms with Crippen molar-refractivity contribution in [3.05, 3.63) is 205 Å². The molecule has 5 heterocycles. The van der Waals surface area contributed by atoms with Crippen molar-refractivity contribution >= 4 is 92.2 Å². The van der Waals surface area contributed by atoms with Crippen LogP contribution in [0.1, 0.15) is 29.2 Å². The smallest absolute Gasteiger partial charge is 0.240 e. The van der Waals surface area contributed by atoms with Gasteiger partial charge in [0.2, 0.25) is 11.9 Å². The van der Waals surface area contributed by atoms with Crippen molar-refractivity contribution in [1.82, 2.24) is 24.1 Å². The second kappa shape index (κ2) is 13.7. The molecule has 0 spiro atoms. The van der Waals surface area contributed by atoms with Gasteiger partial charge in [0.15, 0.2) is 5.82 Å². The number of benzene rings is 8. The first-order chi connectivity index (χ1) is 31.7. The van der Waals surface area contributed by atoms with E-state index in [-0.39, 0.29) is 5.92 Å². The molecule has 1 unspecified atom stereocenters. The van der Waals surface area contributed by atoms with Gasteiger partial charge in [-0.25, -0.2) is 0 Å². The van der Waals surface area contributed by atoms with Gasteiger partial charge in [-0.1, -0.05) is 152 Å². The number of thiophene rings is 1. The van der Waals surface area contributed by atoms with Crippen LogP contribution in [0.4, 0.5) is 0 Å². The molecule has 7 heteroatoms. The largest absolute Gasteiger partial charge is 0.456 e. The zero-order valence-corrected chi connectivity index (χ0v) is 35.1. The van der Waals surface area contributed by atoms with Gasteiger partial charge in [0, 0.05) is 69.8 Å². The van der Waals surface area contributed by atoms with Gasteiger partial charge in [-0.05, 0) is 65.6 Å². The topological polar surface area (TPSA) is 61.7 Å². The second-order valence-electron chi connectivity index (χ2n) is 16.7. The van der Waals surface area contributed by atoms with Gasteiger partial charge in [0.05, 0.1) is 16.6 Å². The van der Waals surface area contributed by atoms with Gasteiger partial charge in [-0.15, -0.1) is 11.3 Å². The van der Waals surface area contributed by atoms with Gasteiger partial charge >= 0.3 is 0 Å². The zero-order chi connectivity index (χ0) is 41.9. The Kier molecular flexibility index (Phi) is 7.58. The molecule has 0 fully saturated rings. The van der Waals surface area contributed by atoms with Crippen molar-refractivity contribution < 1.29 is 4.42 Å². The summed E-state index contributed by atoms with van der Waals surface area (Å²) in [6.07, 6.45) is 5.45. The van der Waals surface area contributed by atoms with E-state index in [2.05, 4.69) is 185 Å². The lowest BCUT2D eigenvalue weighted by molar-refractivity contribution is 0.669. The SMILES string of the molecule is C1=Cc2c(n(-c3nc(-c4ccc5c(c4)oc4ccccc45)nc(-n4c5ccccc5c5ccccc54)n3)c3ccccc23)C(c2cccc(-c3cccc4c3sc3ccccc34)c2)C1. The summed E-state index contributed by atoms with van der Waals surface area (Å²) in [5, 5.41) is 8.20. The quantitative estimate of drug-likeness (QED) is 0.173. The number of aromatic nitrogens is 5. The summed E-state index contributed by atoms with van der Waals surface area (Å²) in [5.41, 5.74) is 11.7. The average Bonchev–Trinajstić information content (AvgIpc) is 4.11. The highest BCUT2D eigenvalue weighted by molar-refractivity contribution is 7.26. The lowest BCUT2D eigenvalue weighted by atomic mass is 9.85. The van der Waals surface area contributed by atoms with E-state index in [4.69, 9.17) is 19.4 Å². The predicted octanol–water partition coefficient (Wildman–Crippen LogP) is 15.1. The Balaban J connectivity index is 1.01. The number of allylic oxidation sites excluding steroid dienone is 1. The molecule has 0 radical (unpaired) electrons. The Morgan fingerprint density at radius 1 is 0.484 bits per heavy atom. The summed E-state index contributed by atoms with van der Waals surface area (Å²) in [6, 6.07) is 64.8. The molecule has 5 aromatic heterocycles. The fourth-order valence-corrected chi connectivity index (χ4v) is 11.6. The third-order valence-corrected chi connectivity index (χ3v) is 14.4. The first-order valence-electron chi connectivity index (χ1n) is 21.7. The first kappa shape index (κ1) is 35.5. The monoisotopic (exact) mass is 837 g/mol. The molecule has 0 bridgehead atoms. The van der Waals surface area contributed by atoms with Gasteiger partial charge in [-0.2, -0.15) is 15.0 Å². The Morgan fingerprint density at radius 3 is 1.94 bits per heavy atom. The van der Waals surface area contributed by atoms with Crippen LogP contribution in [0.5, 0.6) is 0 Å². The minimum atomic E-state index is 0.0257. The Labute approximate surface area is 370 Å². The third-order valence-electron chi connectivity index (χ3n) is 13.2. The van der Waals surface area contributed by atoms with Crippen molar-refractivity contribution in [2.75, 3.05) is 0 Å². The van der Waals surface area contributed by atoms with E-state index in [1.807, 2.05) is 29.5 Å². The van der Waals surface area contributed by atoms with Gasteiger partial charge < -0.3 is 4.42 Å². The first-order valence-corrected chi connectivity index (χ1v) is 22.5. The number of nitrogens with zero attached hydrogens (tertiary/aromatic N) is 5. The van der Waals surface area contributed by atoms with E-state index < -0.39 is 0 Å². The van der Waals surface area contributed by atoms with Crippen LogP contribution in [0, 0.1) is 0 Å². The maximum absolute atomic E-state index is 6.42. The van der Waals surface area contributed by atoms with E-state index in [0.717, 1.165) is 66.6 Å². The Morgan fingerprint density at radius 2 is 1.12 bits per heavy atom. The summed E-state index contributed by atoms with van der Waals surface area (Å²) < 4.78 is 13.5. The lowest BCUT2D eigenvalue weighted by Crippen LogP contribution is -2.15. The number of hydrogen-bond acceptors (Lipinski definition) is 5. The van der Waals surface area contributed by atoms with Crippen molar-refractivity contribution in [3.8, 4) is 34.4 Å². The number of para-hydroxylation sites is 4. The van der Waals surface area contributed by atoms with Crippen LogP contribution in [0.2, 0.25) is 0 Å². The fourth-order valence-electron chi connectivity index (χ4n) is 10.3. The third kappa shape index (κ3) is 5.22. The molecular weight excluding hydrogens is 803 g/mol. The Bertz CT molecular complexity index is 4040. The molecule has 1 aliphatic rings. The standard InChI is InChI=1S/C57H35N5OS/c1-6-25-47-39(16-1)40-17-2-7-26-48(40)61(47)56-58-55(36-30-31-43-42-19-4-9-28-50(42)63-51(43)33-36)59-57(60-56)62-49-27-8-3-18-41(49)45-23-12-21-37(53(45)62)34-14-11-15-35(32-34)38-22-13-24-46-44-20-5-10-29-52(44)64-54(38)46/h1-20,22-33,37H,21H2. The second-order valence-corrected chi connectivity index (χ2v) is 17.7. The molecule has 0 aliphatic heterocycles. The van der Waals surface area contributed by atoms with Crippen LogP contribution in [0.3, 0.4) is 0 Å². The van der Waals surface area contributed by atoms with Crippen LogP contribution in [-0.4, -0.2) is 24.1 Å². The number of hydrogen-bond donors (Lipinski definition) is 0. The zero-order valence-electron chi connectivity index (χ0n) is 34.3. The highest BCUT2D eigenvalue weighted by Gasteiger charge is 2.30. The molecule has 13 aromatic rings. The highest BCUT2D eigenvalue weighted by Crippen LogP contribution is 2.45. The van der Waals surface area contributed by atoms with Gasteiger partial charge in [-0.3, -0.25) is 9.13 Å². The van der Waals surface area contributed by atoms with Gasteiger partial charge in [0.1, 0.15) is 11.2 Å². The maximum atomic E-state index is 6.42. The molecule has 0 N–H and O–H groups in total. The molecule has 0 amide bonds. The number of rotatable bonds is 5. The van der Waals surface area contributed by atoms with E-state index >= 15 is 0 Å². The molecule has 0 saturated carbocycles. The van der Waals surface area contributed by atoms with Crippen molar-refractivity contribution in [1.29, 1.82) is 0 Å². The maximum Gasteiger partial charge on any atom is 0.240 e. The van der Waals surface area contributed by atoms with Crippen LogP contribution in [0.25, 0.3) is 115 Å². The van der Waals surface area contributed by atoms with Crippen LogP contribution < -0.4 is 0 Å². The van der Waals surface area contributed by atoms with Crippen molar-refractivity contribution in [3.63, 3.8) is 0 Å². The number of furan rings is 1. The molecule has 6 nitrogen and oxygen atoms in total. The summed E-state index contributed by atoms with van der Waals surface area (Å²) in [5.74, 6) is 1.71. The predicted molar refractivity (Wildman–Crippen MR) is 264 cm³/mol. The van der Waals surface area contributed by atoms with Crippen molar-refractivity contribution in [2.45, 2.75) is 12.3 Å². The summed E-state index contributed by atoms with van der Waals surface area (Å²) in [7, 11) is 0. The van der Waals surface area contributed by atoms with Gasteiger partial charge in [0.25, 0.3) is 0 Å². The minimum Gasteiger partial charge on any atom is -0.456 e. The van der Waals surface area contributed by atoms with Crippen LogP contribution in [-0.2, 0) is 0 Å². The highest BCUT2D eigenvalue weighted by atomic mass is 32.1. The lowest BCUT2D eigenvalue weighted by Gasteiger charge is -2.23. The van der Waals surface area contributed by atoms with Crippen LogP contribution >= 0.6 is 11.3 Å². The van der Waals surface area contributed by atoms with E-state index in [1.54, 1.807) is 0 Å². The molecule has 64 heavy (non-hydrogen) atoms. The minimum absolute atomic E-state index is 0.0257.